The summed E-state index contributed by atoms with van der Waals surface area (Å²) >= 11 is 3.48. The topological polar surface area (TPSA) is 62.5 Å². The molecule has 7 heteroatoms. The van der Waals surface area contributed by atoms with Crippen molar-refractivity contribution in [3.63, 3.8) is 0 Å². The molecule has 0 amide bonds. The molecular weight excluding hydrogens is 495 g/mol. The second-order valence-corrected chi connectivity index (χ2v) is 7.00. The second kappa shape index (κ2) is 9.02. The number of oxazole rings is 1. The molecule has 1 aromatic carbocycles. The van der Waals surface area contributed by atoms with E-state index >= 15 is 0 Å². The molecule has 2 N–H and O–H groups in total. The van der Waals surface area contributed by atoms with Crippen molar-refractivity contribution in [2.75, 3.05) is 6.54 Å². The third-order valence-electron chi connectivity index (χ3n) is 4.20. The molecule has 0 bridgehead atoms. The van der Waals surface area contributed by atoms with Gasteiger partial charge in [-0.3, -0.25) is 0 Å². The van der Waals surface area contributed by atoms with Crippen molar-refractivity contribution < 1.29 is 4.42 Å². The Bertz CT molecular complexity index is 710. The third kappa shape index (κ3) is 5.44. The lowest BCUT2D eigenvalue weighted by molar-refractivity contribution is 0.472. The lowest BCUT2D eigenvalue weighted by Crippen LogP contribution is -2.39. The van der Waals surface area contributed by atoms with Gasteiger partial charge in [0.25, 0.3) is 0 Å². The van der Waals surface area contributed by atoms with Gasteiger partial charge in [0.2, 0.25) is 5.89 Å². The molecule has 1 aliphatic rings. The zero-order valence-corrected chi connectivity index (χ0v) is 18.6. The molecular formula is C18H24BrIN4O. The number of hydrogen-bond donors (Lipinski definition) is 2. The summed E-state index contributed by atoms with van der Waals surface area (Å²) in [7, 11) is 0. The van der Waals surface area contributed by atoms with E-state index < -0.39 is 0 Å². The molecule has 2 atom stereocenters. The number of nitrogens with one attached hydrogen (secondary N) is 2. The Morgan fingerprint density at radius 2 is 2.04 bits per heavy atom. The summed E-state index contributed by atoms with van der Waals surface area (Å²) in [5.74, 6) is 2.88. The predicted molar refractivity (Wildman–Crippen MR) is 115 cm³/mol. The van der Waals surface area contributed by atoms with Gasteiger partial charge in [-0.15, -0.1) is 24.0 Å². The summed E-state index contributed by atoms with van der Waals surface area (Å²) in [6, 6.07) is 8.98. The molecule has 5 nitrogen and oxygen atoms in total. The van der Waals surface area contributed by atoms with Crippen molar-refractivity contribution in [3.8, 4) is 0 Å². The number of nitrogens with zero attached hydrogens (tertiary/aromatic N) is 2. The van der Waals surface area contributed by atoms with Crippen LogP contribution in [0, 0.1) is 13.8 Å². The van der Waals surface area contributed by atoms with E-state index in [0.717, 1.165) is 34.9 Å². The molecule has 0 radical (unpaired) electrons. The van der Waals surface area contributed by atoms with Gasteiger partial charge in [-0.1, -0.05) is 28.1 Å². The fourth-order valence-electron chi connectivity index (χ4n) is 2.68. The highest BCUT2D eigenvalue weighted by molar-refractivity contribution is 14.0. The highest BCUT2D eigenvalue weighted by Crippen LogP contribution is 2.40. The number of halogens is 2. The van der Waals surface area contributed by atoms with Crippen LogP contribution < -0.4 is 10.6 Å². The van der Waals surface area contributed by atoms with Gasteiger partial charge in [0.05, 0.1) is 5.69 Å². The number of aliphatic imine (C=N–C) groups is 1. The number of aryl methyl sites for hydroxylation is 2. The third-order valence-corrected chi connectivity index (χ3v) is 4.73. The van der Waals surface area contributed by atoms with Gasteiger partial charge < -0.3 is 15.1 Å². The van der Waals surface area contributed by atoms with E-state index in [1.807, 2.05) is 13.8 Å². The molecule has 2 aromatic rings. The molecule has 0 aliphatic heterocycles. The zero-order valence-electron chi connectivity index (χ0n) is 14.7. The summed E-state index contributed by atoms with van der Waals surface area (Å²) in [6.45, 7) is 7.20. The van der Waals surface area contributed by atoms with Crippen molar-refractivity contribution in [2.24, 2.45) is 4.99 Å². The number of benzene rings is 1. The van der Waals surface area contributed by atoms with Crippen LogP contribution >= 0.6 is 39.9 Å². The monoisotopic (exact) mass is 518 g/mol. The highest BCUT2D eigenvalue weighted by atomic mass is 127. The highest BCUT2D eigenvalue weighted by Gasteiger charge is 2.38. The fraction of sp³-hybridized carbons (Fsp3) is 0.444. The quantitative estimate of drug-likeness (QED) is 0.352. The van der Waals surface area contributed by atoms with Crippen LogP contribution in [0.5, 0.6) is 0 Å². The van der Waals surface area contributed by atoms with Crippen LogP contribution in [0.1, 0.15) is 42.2 Å². The first-order valence-electron chi connectivity index (χ1n) is 8.30. The van der Waals surface area contributed by atoms with Crippen LogP contribution in [0.2, 0.25) is 0 Å². The maximum atomic E-state index is 5.59. The van der Waals surface area contributed by atoms with E-state index in [-0.39, 0.29) is 24.0 Å². The van der Waals surface area contributed by atoms with Gasteiger partial charge in [-0.2, -0.15) is 0 Å². The van der Waals surface area contributed by atoms with Gasteiger partial charge in [-0.05, 0) is 44.9 Å². The zero-order chi connectivity index (χ0) is 17.1. The Balaban J connectivity index is 0.00000225. The van der Waals surface area contributed by atoms with Gasteiger partial charge in [0.1, 0.15) is 12.3 Å². The van der Waals surface area contributed by atoms with Crippen LogP contribution in [-0.2, 0) is 6.54 Å². The first-order valence-corrected chi connectivity index (χ1v) is 9.09. The summed E-state index contributed by atoms with van der Waals surface area (Å²) in [5, 5.41) is 6.79. The molecule has 1 aromatic heterocycles. The van der Waals surface area contributed by atoms with E-state index in [1.54, 1.807) is 0 Å². The molecule has 3 rings (SSSR count). The Morgan fingerprint density at radius 3 is 2.64 bits per heavy atom. The Labute approximate surface area is 174 Å². The summed E-state index contributed by atoms with van der Waals surface area (Å²) in [5.41, 5.74) is 2.29. The van der Waals surface area contributed by atoms with Crippen molar-refractivity contribution in [1.29, 1.82) is 0 Å². The molecule has 1 aliphatic carbocycles. The molecule has 2 unspecified atom stereocenters. The molecule has 136 valence electrons. The lowest BCUT2D eigenvalue weighted by Gasteiger charge is -2.11. The maximum Gasteiger partial charge on any atom is 0.216 e. The van der Waals surface area contributed by atoms with E-state index in [1.165, 1.54) is 5.56 Å². The number of rotatable bonds is 5. The molecule has 0 saturated heterocycles. The van der Waals surface area contributed by atoms with Gasteiger partial charge in [0, 0.05) is 23.0 Å². The molecule has 0 spiro atoms. The second-order valence-electron chi connectivity index (χ2n) is 6.09. The van der Waals surface area contributed by atoms with Gasteiger partial charge in [-0.25, -0.2) is 9.98 Å². The Hall–Kier alpha value is -1.09. The number of guanidine groups is 1. The minimum absolute atomic E-state index is 0. The number of hydrogen-bond acceptors (Lipinski definition) is 3. The van der Waals surface area contributed by atoms with E-state index in [9.17, 15) is 0 Å². The SMILES string of the molecule is CCNC(=NCc1nc(C)c(C)o1)NC1CC1c1ccc(Br)cc1.I. The summed E-state index contributed by atoms with van der Waals surface area (Å²) in [4.78, 5) is 8.97. The van der Waals surface area contributed by atoms with Gasteiger partial charge in [0.15, 0.2) is 5.96 Å². The molecule has 1 fully saturated rings. The van der Waals surface area contributed by atoms with Crippen molar-refractivity contribution in [3.05, 3.63) is 51.6 Å². The predicted octanol–water partition coefficient (Wildman–Crippen LogP) is 4.28. The Kier molecular flexibility index (Phi) is 7.30. The van der Waals surface area contributed by atoms with Gasteiger partial charge >= 0.3 is 0 Å². The van der Waals surface area contributed by atoms with Crippen LogP contribution in [0.3, 0.4) is 0 Å². The standard InChI is InChI=1S/C18H23BrN4O.HI/c1-4-20-18(21-10-17-22-11(2)12(3)24-17)23-16-9-15(16)13-5-7-14(19)8-6-13;/h5-8,15-16H,4,9-10H2,1-3H3,(H2,20,21,23);1H. The largest absolute Gasteiger partial charge is 0.444 e. The minimum Gasteiger partial charge on any atom is -0.444 e. The van der Waals surface area contributed by atoms with E-state index in [0.29, 0.717) is 24.4 Å². The molecule has 1 saturated carbocycles. The number of aromatic nitrogens is 1. The summed E-state index contributed by atoms with van der Waals surface area (Å²) < 4.78 is 6.70. The van der Waals surface area contributed by atoms with E-state index in [4.69, 9.17) is 4.42 Å². The Morgan fingerprint density at radius 1 is 1.32 bits per heavy atom. The average Bonchev–Trinajstić information content (AvgIpc) is 3.24. The van der Waals surface area contributed by atoms with Crippen molar-refractivity contribution in [1.82, 2.24) is 15.6 Å². The van der Waals surface area contributed by atoms with Crippen molar-refractivity contribution in [2.45, 2.75) is 45.7 Å². The maximum absolute atomic E-state index is 5.59. The fourth-order valence-corrected chi connectivity index (χ4v) is 2.95. The van der Waals surface area contributed by atoms with Crippen molar-refractivity contribution >= 4 is 45.9 Å². The van der Waals surface area contributed by atoms with Crippen LogP contribution in [0.4, 0.5) is 0 Å². The lowest BCUT2D eigenvalue weighted by atomic mass is 10.1. The first kappa shape index (κ1) is 20.2. The van der Waals surface area contributed by atoms with Crippen LogP contribution in [-0.4, -0.2) is 23.5 Å². The molecule has 25 heavy (non-hydrogen) atoms. The first-order chi connectivity index (χ1) is 11.6. The average molecular weight is 519 g/mol. The summed E-state index contributed by atoms with van der Waals surface area (Å²) in [6.07, 6.45) is 1.13. The van der Waals surface area contributed by atoms with Crippen LogP contribution in [0.15, 0.2) is 38.1 Å². The smallest absolute Gasteiger partial charge is 0.216 e. The normalized spacial score (nSPS) is 19.3. The van der Waals surface area contributed by atoms with E-state index in [2.05, 4.69) is 67.7 Å². The van der Waals surface area contributed by atoms with Crippen LogP contribution in [0.25, 0.3) is 0 Å². The minimum atomic E-state index is 0. The molecule has 1 heterocycles.